The Morgan fingerprint density at radius 1 is 0.882 bits per heavy atom. The molecule has 0 aromatic heterocycles. The molecule has 3 aromatic rings. The van der Waals surface area contributed by atoms with Crippen LogP contribution in [0.3, 0.4) is 0 Å². The van der Waals surface area contributed by atoms with Crippen molar-refractivity contribution in [1.82, 2.24) is 4.90 Å². The molecule has 1 amide bonds. The van der Waals surface area contributed by atoms with Crippen molar-refractivity contribution in [2.24, 2.45) is 5.92 Å². The van der Waals surface area contributed by atoms with E-state index >= 15 is 0 Å². The van der Waals surface area contributed by atoms with Gasteiger partial charge in [-0.1, -0.05) is 112 Å². The highest BCUT2D eigenvalue weighted by atomic mass is 28.4. The molecule has 0 saturated carbocycles. The lowest BCUT2D eigenvalue weighted by molar-refractivity contribution is -0.147. The molecule has 2 atom stereocenters. The van der Waals surface area contributed by atoms with Crippen LogP contribution in [0.4, 0.5) is 0 Å². The zero-order valence-corrected chi connectivity index (χ0v) is 21.4. The maximum absolute atomic E-state index is 12.7. The molecule has 2 unspecified atom stereocenters. The number of piperidine rings is 1. The first-order valence-corrected chi connectivity index (χ1v) is 14.0. The molecule has 0 spiro atoms. The van der Waals surface area contributed by atoms with Gasteiger partial charge < -0.3 is 14.4 Å². The van der Waals surface area contributed by atoms with Crippen molar-refractivity contribution in [3.05, 3.63) is 96.6 Å². The standard InChI is InChI=1S/C29H35NO3Si/c1-29(2,3)34(25-15-9-5-10-16-25,26-17-11-6-12-18-26)33-22-24-19-27(31)28(32)30(21-24)20-23-13-7-4-8-14-23/h4-18,24,27,31H,19-22H2,1-3H3. The molecule has 1 heterocycles. The molecule has 1 N–H and O–H groups in total. The number of carbonyl (C=O) groups is 1. The molecule has 4 rings (SSSR count). The Morgan fingerprint density at radius 2 is 1.38 bits per heavy atom. The average molecular weight is 474 g/mol. The number of rotatable bonds is 7. The Balaban J connectivity index is 1.62. The molecular weight excluding hydrogens is 438 g/mol. The lowest BCUT2D eigenvalue weighted by Gasteiger charge is -2.44. The van der Waals surface area contributed by atoms with E-state index in [1.165, 1.54) is 10.4 Å². The van der Waals surface area contributed by atoms with Gasteiger partial charge in [-0.05, 0) is 27.4 Å². The second-order valence-corrected chi connectivity index (χ2v) is 14.6. The summed E-state index contributed by atoms with van der Waals surface area (Å²) in [4.78, 5) is 14.5. The fourth-order valence-electron chi connectivity index (χ4n) is 5.17. The van der Waals surface area contributed by atoms with Crippen LogP contribution in [0.5, 0.6) is 0 Å². The van der Waals surface area contributed by atoms with Crippen molar-refractivity contribution in [3.63, 3.8) is 0 Å². The molecule has 1 aliphatic rings. The van der Waals surface area contributed by atoms with E-state index in [1.807, 2.05) is 42.5 Å². The van der Waals surface area contributed by atoms with Crippen molar-refractivity contribution in [3.8, 4) is 0 Å². The van der Waals surface area contributed by atoms with E-state index in [1.54, 1.807) is 4.90 Å². The molecule has 34 heavy (non-hydrogen) atoms. The van der Waals surface area contributed by atoms with E-state index < -0.39 is 14.4 Å². The van der Waals surface area contributed by atoms with Crippen molar-refractivity contribution in [2.45, 2.75) is 44.9 Å². The highest BCUT2D eigenvalue weighted by Crippen LogP contribution is 2.37. The number of aliphatic hydroxyl groups is 1. The third-order valence-electron chi connectivity index (χ3n) is 6.80. The quantitative estimate of drug-likeness (QED) is 0.528. The monoisotopic (exact) mass is 473 g/mol. The number of benzene rings is 3. The van der Waals surface area contributed by atoms with Crippen LogP contribution in [0.1, 0.15) is 32.8 Å². The Morgan fingerprint density at radius 3 is 1.88 bits per heavy atom. The van der Waals surface area contributed by atoms with Gasteiger partial charge in [0.15, 0.2) is 0 Å². The van der Waals surface area contributed by atoms with Crippen LogP contribution in [0.2, 0.25) is 5.04 Å². The number of carbonyl (C=O) groups excluding carboxylic acids is 1. The van der Waals surface area contributed by atoms with E-state index in [0.717, 1.165) is 5.56 Å². The highest BCUT2D eigenvalue weighted by molar-refractivity contribution is 6.99. The summed E-state index contributed by atoms with van der Waals surface area (Å²) >= 11 is 0. The fourth-order valence-corrected chi connectivity index (χ4v) is 9.82. The number of hydrogen-bond donors (Lipinski definition) is 1. The molecule has 0 aliphatic carbocycles. The Hall–Kier alpha value is -2.73. The van der Waals surface area contributed by atoms with E-state index in [9.17, 15) is 9.90 Å². The van der Waals surface area contributed by atoms with Crippen LogP contribution >= 0.6 is 0 Å². The first-order valence-electron chi connectivity index (χ1n) is 12.1. The number of aliphatic hydroxyl groups excluding tert-OH is 1. The summed E-state index contributed by atoms with van der Waals surface area (Å²) in [6.45, 7) is 8.39. The Labute approximate surface area is 204 Å². The summed E-state index contributed by atoms with van der Waals surface area (Å²) in [6.07, 6.45) is -0.548. The van der Waals surface area contributed by atoms with Gasteiger partial charge in [-0.2, -0.15) is 0 Å². The van der Waals surface area contributed by atoms with Crippen molar-refractivity contribution in [2.75, 3.05) is 13.2 Å². The lowest BCUT2D eigenvalue weighted by atomic mass is 9.95. The summed E-state index contributed by atoms with van der Waals surface area (Å²) < 4.78 is 7.08. The minimum atomic E-state index is -2.65. The summed E-state index contributed by atoms with van der Waals surface area (Å²) in [5, 5.41) is 13.0. The van der Waals surface area contributed by atoms with Crippen LogP contribution in [0.15, 0.2) is 91.0 Å². The van der Waals surface area contributed by atoms with E-state index in [2.05, 4.69) is 69.3 Å². The second-order valence-electron chi connectivity index (χ2n) is 10.3. The van der Waals surface area contributed by atoms with E-state index in [4.69, 9.17) is 4.43 Å². The maximum Gasteiger partial charge on any atom is 0.261 e. The molecular formula is C29H35NO3Si. The molecule has 0 bridgehead atoms. The summed E-state index contributed by atoms with van der Waals surface area (Å²) in [5.41, 5.74) is 1.07. The van der Waals surface area contributed by atoms with Gasteiger partial charge in [-0.3, -0.25) is 4.79 Å². The van der Waals surface area contributed by atoms with Gasteiger partial charge in [0.1, 0.15) is 6.10 Å². The highest BCUT2D eigenvalue weighted by Gasteiger charge is 2.50. The van der Waals surface area contributed by atoms with Gasteiger partial charge >= 0.3 is 0 Å². The third-order valence-corrected chi connectivity index (χ3v) is 11.8. The molecule has 1 saturated heterocycles. The number of hydrogen-bond acceptors (Lipinski definition) is 3. The largest absolute Gasteiger partial charge is 0.407 e. The van der Waals surface area contributed by atoms with Gasteiger partial charge in [-0.15, -0.1) is 0 Å². The normalized spacial score (nSPS) is 19.3. The van der Waals surface area contributed by atoms with E-state index in [0.29, 0.717) is 26.1 Å². The first kappa shape index (κ1) is 24.4. The van der Waals surface area contributed by atoms with Crippen LogP contribution in [-0.2, 0) is 15.8 Å². The van der Waals surface area contributed by atoms with Gasteiger partial charge in [-0.25, -0.2) is 0 Å². The van der Waals surface area contributed by atoms with Gasteiger partial charge in [0.25, 0.3) is 14.2 Å². The Kier molecular flexibility index (Phi) is 7.36. The van der Waals surface area contributed by atoms with Gasteiger partial charge in [0, 0.05) is 25.6 Å². The molecule has 5 heteroatoms. The number of nitrogens with zero attached hydrogens (tertiary/aromatic N) is 1. The van der Waals surface area contributed by atoms with Crippen LogP contribution < -0.4 is 10.4 Å². The minimum Gasteiger partial charge on any atom is -0.407 e. The van der Waals surface area contributed by atoms with Crippen LogP contribution in [0.25, 0.3) is 0 Å². The zero-order chi connectivity index (χ0) is 24.2. The van der Waals surface area contributed by atoms with Gasteiger partial charge in [0.2, 0.25) is 0 Å². The van der Waals surface area contributed by atoms with Crippen LogP contribution in [0, 0.1) is 5.92 Å². The summed E-state index contributed by atoms with van der Waals surface area (Å²) in [5.74, 6) is -0.122. The average Bonchev–Trinajstić information content (AvgIpc) is 2.84. The molecule has 3 aromatic carbocycles. The van der Waals surface area contributed by atoms with Crippen molar-refractivity contribution >= 4 is 24.6 Å². The predicted molar refractivity (Wildman–Crippen MR) is 140 cm³/mol. The predicted octanol–water partition coefficient (Wildman–Crippen LogP) is 3.97. The summed E-state index contributed by atoms with van der Waals surface area (Å²) in [6, 6.07) is 31.1. The molecule has 178 valence electrons. The zero-order valence-electron chi connectivity index (χ0n) is 20.4. The summed E-state index contributed by atoms with van der Waals surface area (Å²) in [7, 11) is -2.65. The molecule has 4 nitrogen and oxygen atoms in total. The second kappa shape index (κ2) is 10.3. The lowest BCUT2D eigenvalue weighted by Crippen LogP contribution is -2.67. The number of amides is 1. The van der Waals surface area contributed by atoms with Crippen LogP contribution in [-0.4, -0.2) is 43.5 Å². The van der Waals surface area contributed by atoms with Crippen molar-refractivity contribution in [1.29, 1.82) is 0 Å². The fraction of sp³-hybridized carbons (Fsp3) is 0.345. The number of likely N-dealkylation sites (tertiary alicyclic amines) is 1. The minimum absolute atomic E-state index is 0.0676. The topological polar surface area (TPSA) is 49.8 Å². The van der Waals surface area contributed by atoms with Gasteiger partial charge in [0.05, 0.1) is 0 Å². The molecule has 0 radical (unpaired) electrons. The maximum atomic E-state index is 12.7. The van der Waals surface area contributed by atoms with E-state index in [-0.39, 0.29) is 16.9 Å². The van der Waals surface area contributed by atoms with Crippen molar-refractivity contribution < 1.29 is 14.3 Å². The molecule has 1 fully saturated rings. The first-order chi connectivity index (χ1) is 16.3. The SMILES string of the molecule is CC(C)(C)[Si](OCC1CC(O)C(=O)N(Cc2ccccc2)C1)(c1ccccc1)c1ccccc1. The Bertz CT molecular complexity index is 1030. The third kappa shape index (κ3) is 5.02. The smallest absolute Gasteiger partial charge is 0.261 e. The molecule has 1 aliphatic heterocycles.